The lowest BCUT2D eigenvalue weighted by Gasteiger charge is -2.13. The lowest BCUT2D eigenvalue weighted by Crippen LogP contribution is -2.26. The number of hydrogen-bond acceptors (Lipinski definition) is 4. The van der Waals surface area contributed by atoms with Crippen LogP contribution in [0.5, 0.6) is 0 Å². The first-order chi connectivity index (χ1) is 10.5. The number of benzene rings is 1. The number of thioether (sulfide) groups is 1. The Morgan fingerprint density at radius 1 is 1.50 bits per heavy atom. The molecule has 1 atom stereocenters. The summed E-state index contributed by atoms with van der Waals surface area (Å²) in [7, 11) is 0. The maximum atomic E-state index is 13.5. The molecule has 0 aliphatic carbocycles. The van der Waals surface area contributed by atoms with E-state index in [1.54, 1.807) is 23.6 Å². The quantitative estimate of drug-likeness (QED) is 0.882. The number of rotatable bonds is 3. The summed E-state index contributed by atoms with van der Waals surface area (Å²) in [6.45, 7) is 1.66. The molecule has 1 N–H and O–H groups in total. The van der Waals surface area contributed by atoms with Crippen molar-refractivity contribution in [2.45, 2.75) is 24.5 Å². The number of nitrogens with zero attached hydrogens (tertiary/aromatic N) is 2. The van der Waals surface area contributed by atoms with E-state index in [9.17, 15) is 14.0 Å². The van der Waals surface area contributed by atoms with Gasteiger partial charge in [0.1, 0.15) is 5.82 Å². The maximum absolute atomic E-state index is 13.5. The van der Waals surface area contributed by atoms with Crippen molar-refractivity contribution in [2.75, 3.05) is 11.1 Å². The summed E-state index contributed by atoms with van der Waals surface area (Å²) in [5, 5.41) is 3.29. The van der Waals surface area contributed by atoms with Crippen molar-refractivity contribution >= 4 is 23.4 Å². The van der Waals surface area contributed by atoms with E-state index in [4.69, 9.17) is 0 Å². The minimum absolute atomic E-state index is 0.154. The number of halogens is 1. The molecule has 1 amide bonds. The molecule has 0 spiro atoms. The average Bonchev–Trinajstić information content (AvgIpc) is 2.87. The van der Waals surface area contributed by atoms with Crippen LogP contribution in [0.3, 0.4) is 0 Å². The first-order valence-electron chi connectivity index (χ1n) is 6.81. The maximum Gasteiger partial charge on any atom is 0.254 e. The highest BCUT2D eigenvalue weighted by Crippen LogP contribution is 2.31. The molecule has 7 heteroatoms. The van der Waals surface area contributed by atoms with Crippen LogP contribution in [0.15, 0.2) is 40.4 Å². The summed E-state index contributed by atoms with van der Waals surface area (Å²) >= 11 is 1.45. The van der Waals surface area contributed by atoms with Gasteiger partial charge < -0.3 is 5.32 Å². The largest absolute Gasteiger partial charge is 0.326 e. The number of aromatic nitrogens is 2. The zero-order valence-corrected chi connectivity index (χ0v) is 12.7. The fourth-order valence-corrected chi connectivity index (χ4v) is 3.46. The molecule has 2 heterocycles. The average molecular weight is 319 g/mol. The van der Waals surface area contributed by atoms with E-state index in [1.807, 2.05) is 0 Å². The highest BCUT2D eigenvalue weighted by atomic mass is 32.2. The number of carbonyl (C=O) groups excluding carboxylic acids is 1. The molecule has 0 saturated carbocycles. The van der Waals surface area contributed by atoms with Gasteiger partial charge in [-0.3, -0.25) is 14.2 Å². The number of anilines is 1. The standard InChI is InChI=1S/C15H14FN3O2S/c1-9-2-3-10(6-12(9)16)18-13(20)7-11-8-22-15-17-5-4-14(21)19(11)15/h2-6,11H,7-8H2,1H3,(H,18,20). The van der Waals surface area contributed by atoms with Crippen LogP contribution in [0, 0.1) is 12.7 Å². The van der Waals surface area contributed by atoms with Crippen molar-refractivity contribution in [1.29, 1.82) is 0 Å². The summed E-state index contributed by atoms with van der Waals surface area (Å²) in [6, 6.07) is 5.71. The van der Waals surface area contributed by atoms with Crippen molar-refractivity contribution in [2.24, 2.45) is 0 Å². The molecule has 0 saturated heterocycles. The minimum Gasteiger partial charge on any atom is -0.326 e. The lowest BCUT2D eigenvalue weighted by atomic mass is 10.2. The SMILES string of the molecule is Cc1ccc(NC(=O)CC2CSc3nccc(=O)n32)cc1F. The Morgan fingerprint density at radius 2 is 2.32 bits per heavy atom. The molecule has 0 radical (unpaired) electrons. The van der Waals surface area contributed by atoms with Gasteiger partial charge in [0.2, 0.25) is 5.91 Å². The van der Waals surface area contributed by atoms with Crippen LogP contribution >= 0.6 is 11.8 Å². The van der Waals surface area contributed by atoms with Gasteiger partial charge in [-0.2, -0.15) is 0 Å². The fourth-order valence-electron chi connectivity index (χ4n) is 2.34. The predicted octanol–water partition coefficient (Wildman–Crippen LogP) is 2.37. The number of aryl methyl sites for hydroxylation is 1. The lowest BCUT2D eigenvalue weighted by molar-refractivity contribution is -0.116. The molecule has 22 heavy (non-hydrogen) atoms. The third-order valence-corrected chi connectivity index (χ3v) is 4.60. The van der Waals surface area contributed by atoms with Crippen molar-refractivity contribution in [3.63, 3.8) is 0 Å². The molecule has 1 aromatic heterocycles. The summed E-state index contributed by atoms with van der Waals surface area (Å²) in [4.78, 5) is 28.1. The smallest absolute Gasteiger partial charge is 0.254 e. The van der Waals surface area contributed by atoms with Gasteiger partial charge in [-0.15, -0.1) is 0 Å². The Hall–Kier alpha value is -2.15. The molecule has 2 aromatic rings. The normalized spacial score (nSPS) is 16.4. The number of fused-ring (bicyclic) bond motifs is 1. The second-order valence-electron chi connectivity index (χ2n) is 5.12. The Labute approximate surface area is 130 Å². The summed E-state index contributed by atoms with van der Waals surface area (Å²) in [5.41, 5.74) is 0.781. The molecular weight excluding hydrogens is 305 g/mol. The van der Waals surface area contributed by atoms with Gasteiger partial charge in [-0.25, -0.2) is 9.37 Å². The van der Waals surface area contributed by atoms with E-state index in [2.05, 4.69) is 10.3 Å². The van der Waals surface area contributed by atoms with Crippen LogP contribution in [0.25, 0.3) is 0 Å². The van der Waals surface area contributed by atoms with Gasteiger partial charge in [-0.1, -0.05) is 17.8 Å². The fraction of sp³-hybridized carbons (Fsp3) is 0.267. The molecule has 114 valence electrons. The Morgan fingerprint density at radius 3 is 3.09 bits per heavy atom. The van der Waals surface area contributed by atoms with E-state index >= 15 is 0 Å². The number of carbonyl (C=O) groups is 1. The van der Waals surface area contributed by atoms with Crippen molar-refractivity contribution in [3.8, 4) is 0 Å². The Bertz CT molecular complexity index is 791. The third kappa shape index (κ3) is 2.89. The van der Waals surface area contributed by atoms with Crippen LogP contribution in [-0.4, -0.2) is 21.2 Å². The van der Waals surface area contributed by atoms with E-state index < -0.39 is 0 Å². The first-order valence-corrected chi connectivity index (χ1v) is 7.79. The van der Waals surface area contributed by atoms with Crippen LogP contribution in [0.4, 0.5) is 10.1 Å². The first kappa shape index (κ1) is 14.8. The minimum atomic E-state index is -0.361. The van der Waals surface area contributed by atoms with Gasteiger partial charge >= 0.3 is 0 Å². The van der Waals surface area contributed by atoms with Gasteiger partial charge in [0.15, 0.2) is 5.16 Å². The van der Waals surface area contributed by atoms with Crippen LogP contribution in [-0.2, 0) is 4.79 Å². The van der Waals surface area contributed by atoms with E-state index in [1.165, 1.54) is 30.1 Å². The molecule has 5 nitrogen and oxygen atoms in total. The summed E-state index contributed by atoms with van der Waals surface area (Å²) < 4.78 is 15.0. The number of amides is 1. The van der Waals surface area contributed by atoms with Gasteiger partial charge in [0, 0.05) is 30.1 Å². The highest BCUT2D eigenvalue weighted by Gasteiger charge is 2.26. The number of nitrogens with one attached hydrogen (secondary N) is 1. The van der Waals surface area contributed by atoms with Crippen LogP contribution in [0.1, 0.15) is 18.0 Å². The molecular formula is C15H14FN3O2S. The van der Waals surface area contributed by atoms with E-state index in [-0.39, 0.29) is 29.7 Å². The zero-order chi connectivity index (χ0) is 15.7. The van der Waals surface area contributed by atoms with E-state index in [0.29, 0.717) is 22.2 Å². The third-order valence-electron chi connectivity index (χ3n) is 3.49. The van der Waals surface area contributed by atoms with Crippen molar-refractivity contribution in [1.82, 2.24) is 9.55 Å². The second kappa shape index (κ2) is 5.92. The molecule has 1 unspecified atom stereocenters. The molecule has 0 fully saturated rings. The van der Waals surface area contributed by atoms with Crippen LogP contribution in [0.2, 0.25) is 0 Å². The molecule has 3 rings (SSSR count). The summed E-state index contributed by atoms with van der Waals surface area (Å²) in [5.74, 6) is 0.0134. The van der Waals surface area contributed by atoms with Crippen LogP contribution < -0.4 is 10.9 Å². The second-order valence-corrected chi connectivity index (χ2v) is 6.10. The predicted molar refractivity (Wildman–Crippen MR) is 82.6 cm³/mol. The zero-order valence-electron chi connectivity index (χ0n) is 11.9. The van der Waals surface area contributed by atoms with Gasteiger partial charge in [0.05, 0.1) is 6.04 Å². The highest BCUT2D eigenvalue weighted by molar-refractivity contribution is 7.99. The van der Waals surface area contributed by atoms with Crippen molar-refractivity contribution in [3.05, 3.63) is 52.2 Å². The molecule has 0 bridgehead atoms. The monoisotopic (exact) mass is 319 g/mol. The van der Waals surface area contributed by atoms with Gasteiger partial charge in [-0.05, 0) is 24.6 Å². The Balaban J connectivity index is 1.71. The summed E-state index contributed by atoms with van der Waals surface area (Å²) in [6.07, 6.45) is 1.62. The molecule has 1 aliphatic heterocycles. The van der Waals surface area contributed by atoms with E-state index in [0.717, 1.165) is 0 Å². The van der Waals surface area contributed by atoms with Gasteiger partial charge in [0.25, 0.3) is 5.56 Å². The molecule has 1 aromatic carbocycles. The topological polar surface area (TPSA) is 64.0 Å². The van der Waals surface area contributed by atoms with Crippen molar-refractivity contribution < 1.29 is 9.18 Å². The Kier molecular flexibility index (Phi) is 3.98. The molecule has 1 aliphatic rings. The number of hydrogen-bond donors (Lipinski definition) is 1.